The monoisotopic (exact) mass is 291 g/mol. The second kappa shape index (κ2) is 5.68. The molecule has 0 N–H and O–H groups in total. The van der Waals surface area contributed by atoms with Crippen LogP contribution in [0.3, 0.4) is 0 Å². The molecule has 0 unspecified atom stereocenters. The highest BCUT2D eigenvalue weighted by Crippen LogP contribution is 2.27. The number of aromatic nitrogens is 2. The maximum Gasteiger partial charge on any atom is 0.145 e. The van der Waals surface area contributed by atoms with E-state index >= 15 is 0 Å². The summed E-state index contributed by atoms with van der Waals surface area (Å²) in [4.78, 5) is 6.87. The van der Waals surface area contributed by atoms with Gasteiger partial charge in [0.05, 0.1) is 5.69 Å². The Labute approximate surface area is 131 Å². The fourth-order valence-electron chi connectivity index (χ4n) is 2.61. The highest BCUT2D eigenvalue weighted by molar-refractivity contribution is 5.61. The van der Waals surface area contributed by atoms with E-state index < -0.39 is 0 Å². The summed E-state index contributed by atoms with van der Waals surface area (Å²) < 4.78 is 2.23. The Morgan fingerprint density at radius 2 is 1.50 bits per heavy atom. The molecule has 0 amide bonds. The zero-order valence-corrected chi connectivity index (χ0v) is 13.5. The first-order valence-corrected chi connectivity index (χ1v) is 7.47. The van der Waals surface area contributed by atoms with Gasteiger partial charge in [0, 0.05) is 36.7 Å². The van der Waals surface area contributed by atoms with E-state index in [1.807, 2.05) is 18.2 Å². The number of imidazole rings is 1. The van der Waals surface area contributed by atoms with Crippen LogP contribution in [0.5, 0.6) is 0 Å². The average molecular weight is 291 g/mol. The first-order chi connectivity index (χ1) is 10.6. The summed E-state index contributed by atoms with van der Waals surface area (Å²) in [5.41, 5.74) is 5.71. The van der Waals surface area contributed by atoms with E-state index in [1.54, 1.807) is 0 Å². The predicted octanol–water partition coefficient (Wildman–Crippen LogP) is 4.22. The third-order valence-corrected chi connectivity index (χ3v) is 4.00. The van der Waals surface area contributed by atoms with E-state index in [0.717, 1.165) is 22.8 Å². The zero-order valence-electron chi connectivity index (χ0n) is 13.5. The van der Waals surface area contributed by atoms with E-state index in [-0.39, 0.29) is 0 Å². The largest absolute Gasteiger partial charge is 0.378 e. The van der Waals surface area contributed by atoms with Crippen LogP contribution in [0.25, 0.3) is 17.1 Å². The van der Waals surface area contributed by atoms with Crippen LogP contribution in [0, 0.1) is 13.8 Å². The number of rotatable bonds is 3. The minimum atomic E-state index is 0.994. The van der Waals surface area contributed by atoms with Crippen LogP contribution in [0.1, 0.15) is 11.4 Å². The van der Waals surface area contributed by atoms with Gasteiger partial charge in [0.2, 0.25) is 0 Å². The number of anilines is 1. The smallest absolute Gasteiger partial charge is 0.145 e. The molecule has 0 fully saturated rings. The van der Waals surface area contributed by atoms with Crippen LogP contribution in [0.15, 0.2) is 54.6 Å². The van der Waals surface area contributed by atoms with E-state index in [1.165, 1.54) is 11.4 Å². The van der Waals surface area contributed by atoms with Gasteiger partial charge in [-0.15, -0.1) is 0 Å². The Morgan fingerprint density at radius 3 is 2.09 bits per heavy atom. The predicted molar refractivity (Wildman–Crippen MR) is 92.8 cm³/mol. The molecule has 3 nitrogen and oxygen atoms in total. The molecule has 2 aromatic carbocycles. The van der Waals surface area contributed by atoms with Crippen molar-refractivity contribution in [3.8, 4) is 17.1 Å². The highest BCUT2D eigenvalue weighted by atomic mass is 15.1. The molecule has 0 saturated carbocycles. The lowest BCUT2D eigenvalue weighted by atomic mass is 10.2. The fraction of sp³-hybridized carbons (Fsp3) is 0.211. The summed E-state index contributed by atoms with van der Waals surface area (Å²) in [7, 11) is 4.11. The van der Waals surface area contributed by atoms with Crippen molar-refractivity contribution in [3.63, 3.8) is 0 Å². The number of benzene rings is 2. The third kappa shape index (κ3) is 2.50. The molecular formula is C19H21N3. The van der Waals surface area contributed by atoms with Crippen LogP contribution in [0.2, 0.25) is 0 Å². The van der Waals surface area contributed by atoms with Crippen molar-refractivity contribution in [2.45, 2.75) is 13.8 Å². The van der Waals surface area contributed by atoms with Crippen molar-refractivity contribution in [2.24, 2.45) is 0 Å². The molecule has 0 radical (unpaired) electrons. The highest BCUT2D eigenvalue weighted by Gasteiger charge is 2.14. The van der Waals surface area contributed by atoms with Crippen molar-refractivity contribution >= 4 is 5.69 Å². The van der Waals surface area contributed by atoms with E-state index in [4.69, 9.17) is 4.98 Å². The van der Waals surface area contributed by atoms with E-state index in [2.05, 4.69) is 73.8 Å². The van der Waals surface area contributed by atoms with Gasteiger partial charge in [-0.25, -0.2) is 4.98 Å². The standard InChI is InChI=1S/C19H21N3/c1-14-15(2)22(18-12-10-17(11-13-18)21(3)4)19(20-14)16-8-6-5-7-9-16/h5-13H,1-4H3. The fourth-order valence-corrected chi connectivity index (χ4v) is 2.61. The molecule has 0 saturated heterocycles. The van der Waals surface area contributed by atoms with Gasteiger partial charge in [-0.3, -0.25) is 4.57 Å². The minimum absolute atomic E-state index is 0.994. The molecule has 0 atom stereocenters. The molecular weight excluding hydrogens is 270 g/mol. The normalized spacial score (nSPS) is 10.7. The maximum atomic E-state index is 4.77. The van der Waals surface area contributed by atoms with Gasteiger partial charge in [-0.1, -0.05) is 30.3 Å². The lowest BCUT2D eigenvalue weighted by Gasteiger charge is -2.15. The Hall–Kier alpha value is -2.55. The molecule has 22 heavy (non-hydrogen) atoms. The Balaban J connectivity index is 2.14. The molecule has 0 aliphatic heterocycles. The number of nitrogens with zero attached hydrogens (tertiary/aromatic N) is 3. The van der Waals surface area contributed by atoms with Gasteiger partial charge < -0.3 is 4.90 Å². The Bertz CT molecular complexity index is 768. The SMILES string of the molecule is Cc1nc(-c2ccccc2)n(-c2ccc(N(C)C)cc2)c1C. The molecule has 112 valence electrons. The molecule has 0 bridgehead atoms. The number of hydrogen-bond acceptors (Lipinski definition) is 2. The average Bonchev–Trinajstić information content (AvgIpc) is 2.84. The molecule has 0 spiro atoms. The van der Waals surface area contributed by atoms with Crippen molar-refractivity contribution in [1.82, 2.24) is 9.55 Å². The van der Waals surface area contributed by atoms with E-state index in [9.17, 15) is 0 Å². The summed E-state index contributed by atoms with van der Waals surface area (Å²) >= 11 is 0. The zero-order chi connectivity index (χ0) is 15.7. The van der Waals surface area contributed by atoms with Gasteiger partial charge in [0.15, 0.2) is 0 Å². The number of hydrogen-bond donors (Lipinski definition) is 0. The maximum absolute atomic E-state index is 4.77. The summed E-state index contributed by atoms with van der Waals surface area (Å²) in [5.74, 6) is 0.994. The van der Waals surface area contributed by atoms with Crippen molar-refractivity contribution in [3.05, 3.63) is 66.0 Å². The van der Waals surface area contributed by atoms with Crippen LogP contribution >= 0.6 is 0 Å². The Morgan fingerprint density at radius 1 is 0.864 bits per heavy atom. The molecule has 3 heteroatoms. The topological polar surface area (TPSA) is 21.1 Å². The van der Waals surface area contributed by atoms with Crippen LogP contribution in [0.4, 0.5) is 5.69 Å². The van der Waals surface area contributed by atoms with Crippen LogP contribution < -0.4 is 4.90 Å². The molecule has 1 aromatic heterocycles. The van der Waals surface area contributed by atoms with Crippen molar-refractivity contribution in [1.29, 1.82) is 0 Å². The molecule has 3 rings (SSSR count). The molecule has 0 aliphatic carbocycles. The van der Waals surface area contributed by atoms with Gasteiger partial charge in [0.25, 0.3) is 0 Å². The van der Waals surface area contributed by atoms with Gasteiger partial charge >= 0.3 is 0 Å². The third-order valence-electron chi connectivity index (χ3n) is 4.00. The second-order valence-corrected chi connectivity index (χ2v) is 5.72. The molecule has 3 aromatic rings. The molecule has 1 heterocycles. The van der Waals surface area contributed by atoms with Crippen molar-refractivity contribution in [2.75, 3.05) is 19.0 Å². The number of aryl methyl sites for hydroxylation is 1. The van der Waals surface area contributed by atoms with Gasteiger partial charge in [-0.05, 0) is 38.1 Å². The van der Waals surface area contributed by atoms with Gasteiger partial charge in [-0.2, -0.15) is 0 Å². The van der Waals surface area contributed by atoms with E-state index in [0.29, 0.717) is 0 Å². The summed E-state index contributed by atoms with van der Waals surface area (Å²) in [5, 5.41) is 0. The van der Waals surface area contributed by atoms with Crippen LogP contribution in [-0.4, -0.2) is 23.6 Å². The van der Waals surface area contributed by atoms with Crippen LogP contribution in [-0.2, 0) is 0 Å². The summed E-state index contributed by atoms with van der Waals surface area (Å²) in [6, 6.07) is 18.9. The first-order valence-electron chi connectivity index (χ1n) is 7.47. The quantitative estimate of drug-likeness (QED) is 0.720. The van der Waals surface area contributed by atoms with Crippen molar-refractivity contribution < 1.29 is 0 Å². The lowest BCUT2D eigenvalue weighted by molar-refractivity contribution is 1.01. The minimum Gasteiger partial charge on any atom is -0.378 e. The van der Waals surface area contributed by atoms with Gasteiger partial charge in [0.1, 0.15) is 5.82 Å². The first kappa shape index (κ1) is 14.4. The Kier molecular flexibility index (Phi) is 3.72. The lowest BCUT2D eigenvalue weighted by Crippen LogP contribution is -2.08. The second-order valence-electron chi connectivity index (χ2n) is 5.72. The molecule has 0 aliphatic rings. The summed E-state index contributed by atoms with van der Waals surface area (Å²) in [6.45, 7) is 4.18. The summed E-state index contributed by atoms with van der Waals surface area (Å²) in [6.07, 6.45) is 0.